The average Bonchev–Trinajstić information content (AvgIpc) is 2.23. The van der Waals surface area contributed by atoms with Crippen LogP contribution in [0.25, 0.3) is 0 Å². The molecule has 1 atom stereocenters. The molecule has 94 valence electrons. The van der Waals surface area contributed by atoms with Gasteiger partial charge in [0, 0.05) is 5.92 Å². The van der Waals surface area contributed by atoms with Gasteiger partial charge in [-0.3, -0.25) is 4.79 Å². The van der Waals surface area contributed by atoms with Gasteiger partial charge in [0.05, 0.1) is 12.6 Å². The molecule has 0 aliphatic carbocycles. The molecule has 16 heavy (non-hydrogen) atoms. The highest BCUT2D eigenvalue weighted by molar-refractivity contribution is 7.98. The first kappa shape index (κ1) is 15.3. The first-order valence-corrected chi connectivity index (χ1v) is 6.88. The van der Waals surface area contributed by atoms with Crippen LogP contribution in [0.4, 0.5) is 4.79 Å². The molecular formula is C11H21NO3S. The summed E-state index contributed by atoms with van der Waals surface area (Å²) in [4.78, 5) is 23.1. The van der Waals surface area contributed by atoms with Crippen molar-refractivity contribution in [1.82, 2.24) is 5.32 Å². The Morgan fingerprint density at radius 1 is 1.38 bits per heavy atom. The molecule has 5 heteroatoms. The van der Waals surface area contributed by atoms with Crippen LogP contribution in [-0.2, 0) is 9.53 Å². The molecule has 0 aromatic carbocycles. The summed E-state index contributed by atoms with van der Waals surface area (Å²) in [7, 11) is 0. The third-order valence-corrected chi connectivity index (χ3v) is 2.73. The van der Waals surface area contributed by atoms with Crippen molar-refractivity contribution in [3.63, 3.8) is 0 Å². The fourth-order valence-electron chi connectivity index (χ4n) is 1.24. The van der Waals surface area contributed by atoms with Crippen LogP contribution >= 0.6 is 11.8 Å². The molecule has 0 aliphatic heterocycles. The van der Waals surface area contributed by atoms with Crippen LogP contribution in [0, 0.1) is 5.92 Å². The third-order valence-electron chi connectivity index (χ3n) is 2.09. The summed E-state index contributed by atoms with van der Waals surface area (Å²) in [6.45, 7) is 5.72. The number of amides is 1. The summed E-state index contributed by atoms with van der Waals surface area (Å²) in [5, 5.41) is 2.61. The lowest BCUT2D eigenvalue weighted by Gasteiger charge is -2.18. The molecule has 0 saturated heterocycles. The molecule has 0 rings (SSSR count). The van der Waals surface area contributed by atoms with Gasteiger partial charge < -0.3 is 10.1 Å². The Morgan fingerprint density at radius 2 is 2.00 bits per heavy atom. The van der Waals surface area contributed by atoms with E-state index in [1.807, 2.05) is 20.1 Å². The van der Waals surface area contributed by atoms with Crippen molar-refractivity contribution in [3.05, 3.63) is 0 Å². The number of hydrogen-bond donors (Lipinski definition) is 1. The number of hydrogen-bond acceptors (Lipinski definition) is 4. The fraction of sp³-hybridized carbons (Fsp3) is 0.818. The van der Waals surface area contributed by atoms with Crippen LogP contribution in [-0.4, -0.2) is 36.5 Å². The molecule has 1 amide bonds. The van der Waals surface area contributed by atoms with E-state index in [-0.39, 0.29) is 11.7 Å². The number of thioether (sulfide) groups is 1. The largest absolute Gasteiger partial charge is 0.450 e. The lowest BCUT2D eigenvalue weighted by molar-refractivity contribution is -0.123. The van der Waals surface area contributed by atoms with Crippen molar-refractivity contribution in [1.29, 1.82) is 0 Å². The maximum atomic E-state index is 11.8. The van der Waals surface area contributed by atoms with E-state index < -0.39 is 12.1 Å². The van der Waals surface area contributed by atoms with Gasteiger partial charge in [-0.15, -0.1) is 0 Å². The molecule has 0 aliphatic rings. The van der Waals surface area contributed by atoms with Gasteiger partial charge in [0.15, 0.2) is 5.78 Å². The van der Waals surface area contributed by atoms with E-state index >= 15 is 0 Å². The lowest BCUT2D eigenvalue weighted by atomic mass is 10.00. The predicted octanol–water partition coefficient (Wildman–Crippen LogP) is 2.08. The fourth-order valence-corrected chi connectivity index (χ4v) is 1.71. The Bertz CT molecular complexity index is 231. The average molecular weight is 247 g/mol. The van der Waals surface area contributed by atoms with Crippen molar-refractivity contribution < 1.29 is 14.3 Å². The molecule has 4 nitrogen and oxygen atoms in total. The Labute approximate surface area is 101 Å². The van der Waals surface area contributed by atoms with Crippen LogP contribution in [0.3, 0.4) is 0 Å². The molecule has 0 aromatic heterocycles. The van der Waals surface area contributed by atoms with E-state index in [0.29, 0.717) is 13.0 Å². The minimum atomic E-state index is -0.511. The lowest BCUT2D eigenvalue weighted by Crippen LogP contribution is -2.43. The van der Waals surface area contributed by atoms with Crippen molar-refractivity contribution in [3.8, 4) is 0 Å². The number of ketones is 1. The maximum Gasteiger partial charge on any atom is 0.407 e. The summed E-state index contributed by atoms with van der Waals surface area (Å²) in [5.41, 5.74) is 0. The summed E-state index contributed by atoms with van der Waals surface area (Å²) in [6.07, 6.45) is 2.11. The minimum Gasteiger partial charge on any atom is -0.450 e. The Hall–Kier alpha value is -0.710. The van der Waals surface area contributed by atoms with E-state index in [1.165, 1.54) is 0 Å². The number of alkyl carbamates (subject to hydrolysis) is 1. The van der Waals surface area contributed by atoms with Gasteiger partial charge in [0.2, 0.25) is 0 Å². The predicted molar refractivity (Wildman–Crippen MR) is 66.8 cm³/mol. The highest BCUT2D eigenvalue weighted by Crippen LogP contribution is 2.07. The van der Waals surface area contributed by atoms with Gasteiger partial charge >= 0.3 is 6.09 Å². The molecule has 0 saturated carbocycles. The highest BCUT2D eigenvalue weighted by Gasteiger charge is 2.22. The zero-order valence-corrected chi connectivity index (χ0v) is 11.2. The molecule has 0 spiro atoms. The molecule has 0 bridgehead atoms. The standard InChI is InChI=1S/C11H21NO3S/c1-5-15-11(14)12-9(6-7-16-4)10(13)8(2)3/h8-9H,5-7H2,1-4H3,(H,12,14). The first-order chi connectivity index (χ1) is 7.52. The monoisotopic (exact) mass is 247 g/mol. The number of rotatable bonds is 7. The van der Waals surface area contributed by atoms with E-state index in [4.69, 9.17) is 4.74 Å². The normalized spacial score (nSPS) is 12.3. The molecular weight excluding hydrogens is 226 g/mol. The second kappa shape index (κ2) is 8.44. The van der Waals surface area contributed by atoms with Gasteiger partial charge in [-0.1, -0.05) is 13.8 Å². The van der Waals surface area contributed by atoms with Crippen LogP contribution in [0.15, 0.2) is 0 Å². The summed E-state index contributed by atoms with van der Waals surface area (Å²) in [5.74, 6) is 0.825. The van der Waals surface area contributed by atoms with E-state index in [0.717, 1.165) is 5.75 Å². The second-order valence-corrected chi connectivity index (χ2v) is 4.74. The van der Waals surface area contributed by atoms with Crippen molar-refractivity contribution in [2.24, 2.45) is 5.92 Å². The quantitative estimate of drug-likeness (QED) is 0.748. The van der Waals surface area contributed by atoms with E-state index in [2.05, 4.69) is 5.32 Å². The molecule has 0 radical (unpaired) electrons. The smallest absolute Gasteiger partial charge is 0.407 e. The number of ether oxygens (including phenoxy) is 1. The summed E-state index contributed by atoms with van der Waals surface area (Å²) >= 11 is 1.66. The topological polar surface area (TPSA) is 55.4 Å². The van der Waals surface area contributed by atoms with Crippen molar-refractivity contribution in [2.75, 3.05) is 18.6 Å². The summed E-state index contributed by atoms with van der Waals surface area (Å²) < 4.78 is 4.77. The molecule has 0 heterocycles. The van der Waals surface area contributed by atoms with Gasteiger partial charge in [0.25, 0.3) is 0 Å². The van der Waals surface area contributed by atoms with Crippen molar-refractivity contribution >= 4 is 23.6 Å². The number of carbonyl (C=O) groups excluding carboxylic acids is 2. The summed E-state index contributed by atoms with van der Waals surface area (Å²) in [6, 6.07) is -0.425. The van der Waals surface area contributed by atoms with Gasteiger partial charge in [-0.05, 0) is 25.4 Å². The Morgan fingerprint density at radius 3 is 2.44 bits per heavy atom. The highest BCUT2D eigenvalue weighted by atomic mass is 32.2. The first-order valence-electron chi connectivity index (χ1n) is 5.48. The van der Waals surface area contributed by atoms with Crippen LogP contribution in [0.1, 0.15) is 27.2 Å². The number of carbonyl (C=O) groups is 2. The van der Waals surface area contributed by atoms with Gasteiger partial charge in [-0.25, -0.2) is 4.79 Å². The van der Waals surface area contributed by atoms with Gasteiger partial charge in [0.1, 0.15) is 0 Å². The van der Waals surface area contributed by atoms with E-state index in [1.54, 1.807) is 18.7 Å². The molecule has 0 aromatic rings. The van der Waals surface area contributed by atoms with Crippen LogP contribution < -0.4 is 5.32 Å². The zero-order valence-electron chi connectivity index (χ0n) is 10.4. The zero-order chi connectivity index (χ0) is 12.6. The SMILES string of the molecule is CCOC(=O)NC(CCSC)C(=O)C(C)C. The minimum absolute atomic E-state index is 0.0575. The number of Topliss-reactive ketones (excluding diaryl/α,β-unsaturated/α-hetero) is 1. The van der Waals surface area contributed by atoms with Crippen LogP contribution in [0.5, 0.6) is 0 Å². The molecule has 1 unspecified atom stereocenters. The Balaban J connectivity index is 4.30. The van der Waals surface area contributed by atoms with Crippen LogP contribution in [0.2, 0.25) is 0 Å². The maximum absolute atomic E-state index is 11.8. The van der Waals surface area contributed by atoms with Gasteiger partial charge in [-0.2, -0.15) is 11.8 Å². The Kier molecular flexibility index (Phi) is 8.07. The number of nitrogens with one attached hydrogen (secondary N) is 1. The molecule has 1 N–H and O–H groups in total. The molecule has 0 fully saturated rings. The van der Waals surface area contributed by atoms with E-state index in [9.17, 15) is 9.59 Å². The second-order valence-electron chi connectivity index (χ2n) is 3.76. The van der Waals surface area contributed by atoms with Crippen molar-refractivity contribution in [2.45, 2.75) is 33.2 Å². The third kappa shape index (κ3) is 6.00.